The molecule has 0 bridgehead atoms. The molecule has 120 valence electrons. The first-order chi connectivity index (χ1) is 9.61. The van der Waals surface area contributed by atoms with Crippen molar-refractivity contribution < 1.29 is 0 Å². The Morgan fingerprint density at radius 1 is 1.48 bits per heavy atom. The predicted octanol–water partition coefficient (Wildman–Crippen LogP) is 2.82. The second-order valence-corrected chi connectivity index (χ2v) is 6.58. The third kappa shape index (κ3) is 5.75. The van der Waals surface area contributed by atoms with E-state index in [1.165, 1.54) is 23.3 Å². The summed E-state index contributed by atoms with van der Waals surface area (Å²) in [5.41, 5.74) is 1.35. The molecule has 1 saturated carbocycles. The van der Waals surface area contributed by atoms with Crippen LogP contribution in [0.2, 0.25) is 0 Å². The first-order valence-corrected chi connectivity index (χ1v) is 8.19. The van der Waals surface area contributed by atoms with Crippen LogP contribution in [-0.4, -0.2) is 43.6 Å². The van der Waals surface area contributed by atoms with Gasteiger partial charge in [0.15, 0.2) is 5.96 Å². The summed E-state index contributed by atoms with van der Waals surface area (Å²) in [6.45, 7) is 6.19. The van der Waals surface area contributed by atoms with Crippen molar-refractivity contribution in [3.05, 3.63) is 21.9 Å². The van der Waals surface area contributed by atoms with Crippen molar-refractivity contribution in [2.75, 3.05) is 20.6 Å². The first kappa shape index (κ1) is 18.7. The molecule has 1 atom stereocenters. The maximum Gasteiger partial charge on any atom is 0.191 e. The molecular formula is C15H27IN4S. The van der Waals surface area contributed by atoms with Gasteiger partial charge in [-0.3, -0.25) is 9.89 Å². The molecule has 1 aromatic rings. The monoisotopic (exact) mass is 422 g/mol. The molecule has 4 nitrogen and oxygen atoms in total. The highest BCUT2D eigenvalue weighted by atomic mass is 127. The maximum absolute atomic E-state index is 4.29. The highest BCUT2D eigenvalue weighted by molar-refractivity contribution is 14.0. The highest BCUT2D eigenvalue weighted by Gasteiger charge is 2.28. The molecular weight excluding hydrogens is 395 g/mol. The van der Waals surface area contributed by atoms with E-state index in [2.05, 4.69) is 52.9 Å². The van der Waals surface area contributed by atoms with Crippen LogP contribution in [0.1, 0.15) is 30.2 Å². The summed E-state index contributed by atoms with van der Waals surface area (Å²) in [4.78, 5) is 8.12. The number of nitrogens with zero attached hydrogens (tertiary/aromatic N) is 2. The summed E-state index contributed by atoms with van der Waals surface area (Å²) >= 11 is 1.79. The average Bonchev–Trinajstić information content (AvgIpc) is 3.22. The maximum atomic E-state index is 4.29. The molecule has 6 heteroatoms. The molecule has 2 rings (SSSR count). The highest BCUT2D eigenvalue weighted by Crippen LogP contribution is 2.26. The fraction of sp³-hybridized carbons (Fsp3) is 0.667. The largest absolute Gasteiger partial charge is 0.355 e. The number of guanidine groups is 1. The Morgan fingerprint density at radius 3 is 2.71 bits per heavy atom. The Hall–Kier alpha value is -0.340. The van der Waals surface area contributed by atoms with E-state index in [1.807, 2.05) is 7.05 Å². The molecule has 1 fully saturated rings. The predicted molar refractivity (Wildman–Crippen MR) is 103 cm³/mol. The summed E-state index contributed by atoms with van der Waals surface area (Å²) in [6, 6.07) is 3.49. The Bertz CT molecular complexity index is 456. The number of halogens is 1. The molecule has 0 aliphatic heterocycles. The van der Waals surface area contributed by atoms with Crippen LogP contribution in [0, 0.1) is 6.92 Å². The zero-order valence-electron chi connectivity index (χ0n) is 13.3. The third-order valence-corrected chi connectivity index (χ3v) is 5.01. The molecule has 1 aliphatic rings. The van der Waals surface area contributed by atoms with Gasteiger partial charge in [0, 0.05) is 30.6 Å². The number of rotatable bonds is 6. The van der Waals surface area contributed by atoms with Gasteiger partial charge in [-0.1, -0.05) is 0 Å². The molecule has 0 aromatic carbocycles. The lowest BCUT2D eigenvalue weighted by Gasteiger charge is -2.25. The van der Waals surface area contributed by atoms with Crippen molar-refractivity contribution in [1.82, 2.24) is 15.5 Å². The van der Waals surface area contributed by atoms with Crippen LogP contribution in [0.25, 0.3) is 0 Å². The van der Waals surface area contributed by atoms with Gasteiger partial charge in [0.25, 0.3) is 0 Å². The van der Waals surface area contributed by atoms with E-state index in [-0.39, 0.29) is 24.0 Å². The SMILES string of the molecule is CN=C(NCc1sccc1C)NCC(C)N(C)C1CC1.I. The number of nitrogens with one attached hydrogen (secondary N) is 2. The molecule has 1 aromatic heterocycles. The Labute approximate surface area is 149 Å². The van der Waals surface area contributed by atoms with E-state index in [9.17, 15) is 0 Å². The van der Waals surface area contributed by atoms with E-state index in [0.717, 1.165) is 25.1 Å². The smallest absolute Gasteiger partial charge is 0.191 e. The molecule has 0 spiro atoms. The minimum atomic E-state index is 0. The average molecular weight is 422 g/mol. The van der Waals surface area contributed by atoms with E-state index >= 15 is 0 Å². The Morgan fingerprint density at radius 2 is 2.19 bits per heavy atom. The van der Waals surface area contributed by atoms with Gasteiger partial charge in [-0.15, -0.1) is 35.3 Å². The van der Waals surface area contributed by atoms with Gasteiger partial charge >= 0.3 is 0 Å². The van der Waals surface area contributed by atoms with Gasteiger partial charge in [0.05, 0.1) is 6.54 Å². The van der Waals surface area contributed by atoms with Crippen molar-refractivity contribution in [2.24, 2.45) is 4.99 Å². The number of aliphatic imine (C=N–C) groups is 1. The van der Waals surface area contributed by atoms with E-state index in [1.54, 1.807) is 11.3 Å². The van der Waals surface area contributed by atoms with Crippen LogP contribution in [0.15, 0.2) is 16.4 Å². The van der Waals surface area contributed by atoms with Gasteiger partial charge in [-0.05, 0) is 50.7 Å². The second kappa shape index (κ2) is 8.95. The van der Waals surface area contributed by atoms with Crippen molar-refractivity contribution in [3.8, 4) is 0 Å². The van der Waals surface area contributed by atoms with E-state index in [4.69, 9.17) is 0 Å². The minimum Gasteiger partial charge on any atom is -0.355 e. The number of thiophene rings is 1. The van der Waals surface area contributed by atoms with Gasteiger partial charge in [-0.2, -0.15) is 0 Å². The van der Waals surface area contributed by atoms with Crippen molar-refractivity contribution in [1.29, 1.82) is 0 Å². The zero-order valence-corrected chi connectivity index (χ0v) is 16.5. The van der Waals surface area contributed by atoms with Gasteiger partial charge in [-0.25, -0.2) is 0 Å². The standard InChI is InChI=1S/C15H26N4S.HI/c1-11-7-8-20-14(11)10-18-15(16-3)17-9-12(2)19(4)13-5-6-13;/h7-8,12-13H,5-6,9-10H2,1-4H3,(H2,16,17,18);1H. The van der Waals surface area contributed by atoms with E-state index in [0.29, 0.717) is 6.04 Å². The zero-order chi connectivity index (χ0) is 14.5. The van der Waals surface area contributed by atoms with E-state index < -0.39 is 0 Å². The first-order valence-electron chi connectivity index (χ1n) is 7.31. The number of likely N-dealkylation sites (N-methyl/N-ethyl adjacent to an activating group) is 1. The Kier molecular flexibility index (Phi) is 7.97. The minimum absolute atomic E-state index is 0. The molecule has 0 amide bonds. The molecule has 1 unspecified atom stereocenters. The number of hydrogen-bond acceptors (Lipinski definition) is 3. The van der Waals surface area contributed by atoms with Crippen LogP contribution in [0.4, 0.5) is 0 Å². The lowest BCUT2D eigenvalue weighted by Crippen LogP contribution is -2.45. The summed E-state index contributed by atoms with van der Waals surface area (Å²) < 4.78 is 0. The number of hydrogen-bond donors (Lipinski definition) is 2. The topological polar surface area (TPSA) is 39.7 Å². The van der Waals surface area contributed by atoms with Gasteiger partial charge in [0.2, 0.25) is 0 Å². The Balaban J connectivity index is 0.00000220. The fourth-order valence-corrected chi connectivity index (χ4v) is 3.05. The van der Waals surface area contributed by atoms with Crippen LogP contribution in [0.3, 0.4) is 0 Å². The molecule has 1 heterocycles. The summed E-state index contributed by atoms with van der Waals surface area (Å²) in [5.74, 6) is 0.883. The summed E-state index contributed by atoms with van der Waals surface area (Å²) in [6.07, 6.45) is 2.71. The van der Waals surface area contributed by atoms with Crippen LogP contribution in [0.5, 0.6) is 0 Å². The lowest BCUT2D eigenvalue weighted by molar-refractivity contribution is 0.247. The summed E-state index contributed by atoms with van der Waals surface area (Å²) in [5, 5.41) is 8.93. The van der Waals surface area contributed by atoms with Gasteiger partial charge in [0.1, 0.15) is 0 Å². The molecule has 1 aliphatic carbocycles. The van der Waals surface area contributed by atoms with Crippen LogP contribution >= 0.6 is 35.3 Å². The summed E-state index contributed by atoms with van der Waals surface area (Å²) in [7, 11) is 4.04. The van der Waals surface area contributed by atoms with Crippen LogP contribution in [-0.2, 0) is 6.54 Å². The fourth-order valence-electron chi connectivity index (χ4n) is 2.20. The second-order valence-electron chi connectivity index (χ2n) is 5.58. The van der Waals surface area contributed by atoms with Crippen LogP contribution < -0.4 is 10.6 Å². The lowest BCUT2D eigenvalue weighted by atomic mass is 10.3. The van der Waals surface area contributed by atoms with Crippen molar-refractivity contribution >= 4 is 41.3 Å². The van der Waals surface area contributed by atoms with Gasteiger partial charge < -0.3 is 10.6 Å². The van der Waals surface area contributed by atoms with Crippen molar-refractivity contribution in [3.63, 3.8) is 0 Å². The third-order valence-electron chi connectivity index (χ3n) is 3.99. The molecule has 0 saturated heterocycles. The molecule has 21 heavy (non-hydrogen) atoms. The number of aryl methyl sites for hydroxylation is 1. The molecule has 2 N–H and O–H groups in total. The van der Waals surface area contributed by atoms with Crippen molar-refractivity contribution in [2.45, 2.75) is 45.3 Å². The normalized spacial score (nSPS) is 16.5. The quantitative estimate of drug-likeness (QED) is 0.421. The molecule has 0 radical (unpaired) electrons.